The van der Waals surface area contributed by atoms with Crippen LogP contribution in [0.3, 0.4) is 0 Å². The van der Waals surface area contributed by atoms with E-state index >= 15 is 0 Å². The summed E-state index contributed by atoms with van der Waals surface area (Å²) in [5, 5.41) is 0. The van der Waals surface area contributed by atoms with Gasteiger partial charge < -0.3 is 9.47 Å². The monoisotopic (exact) mass is 220 g/mol. The van der Waals surface area contributed by atoms with Gasteiger partial charge in [0.05, 0.1) is 20.3 Å². The van der Waals surface area contributed by atoms with Crippen LogP contribution in [0, 0.1) is 0 Å². The highest BCUT2D eigenvalue weighted by atomic mass is 16.5. The molecule has 1 aromatic rings. The van der Waals surface area contributed by atoms with Crippen molar-refractivity contribution in [3.63, 3.8) is 0 Å². The highest BCUT2D eigenvalue weighted by Crippen LogP contribution is 2.11. The zero-order valence-corrected chi connectivity index (χ0v) is 9.44. The van der Waals surface area contributed by atoms with E-state index in [-0.39, 0.29) is 5.78 Å². The Bertz CT molecular complexity index is 341. The number of hydrogen-bond acceptors (Lipinski definition) is 3. The number of benzene rings is 1. The molecule has 3 nitrogen and oxygen atoms in total. The van der Waals surface area contributed by atoms with Crippen molar-refractivity contribution in [3.05, 3.63) is 42.5 Å². The number of methoxy groups -OCH3 is 1. The van der Waals surface area contributed by atoms with Gasteiger partial charge in [0, 0.05) is 6.42 Å². The molecule has 0 saturated heterocycles. The predicted molar refractivity (Wildman–Crippen MR) is 62.5 cm³/mol. The summed E-state index contributed by atoms with van der Waals surface area (Å²) in [5.74, 6) is 0.834. The summed E-state index contributed by atoms with van der Waals surface area (Å²) < 4.78 is 10.4. The summed E-state index contributed by atoms with van der Waals surface area (Å²) in [7, 11) is 1.63. The first-order valence-electron chi connectivity index (χ1n) is 5.12. The van der Waals surface area contributed by atoms with Crippen molar-refractivity contribution in [2.45, 2.75) is 13.0 Å². The second-order valence-electron chi connectivity index (χ2n) is 3.32. The first-order chi connectivity index (χ1) is 7.76. The molecule has 0 bridgehead atoms. The molecule has 0 aliphatic heterocycles. The zero-order chi connectivity index (χ0) is 11.8. The fourth-order valence-corrected chi connectivity index (χ4v) is 1.19. The summed E-state index contributed by atoms with van der Waals surface area (Å²) in [6.45, 7) is 4.33. The highest BCUT2D eigenvalue weighted by Gasteiger charge is 1.97. The number of rotatable bonds is 7. The average molecular weight is 220 g/mol. The molecular weight excluding hydrogens is 204 g/mol. The number of carbonyl (C=O) groups excluding carboxylic acids is 1. The molecule has 0 radical (unpaired) electrons. The van der Waals surface area contributed by atoms with E-state index in [2.05, 4.69) is 6.58 Å². The van der Waals surface area contributed by atoms with Crippen LogP contribution in [0.15, 0.2) is 36.9 Å². The zero-order valence-electron chi connectivity index (χ0n) is 9.44. The van der Waals surface area contributed by atoms with Crippen LogP contribution in [-0.4, -0.2) is 19.5 Å². The molecule has 0 aliphatic rings. The summed E-state index contributed by atoms with van der Waals surface area (Å²) in [5.41, 5.74) is 1.06. The minimum absolute atomic E-state index is 0.00901. The third-order valence-corrected chi connectivity index (χ3v) is 2.15. The third kappa shape index (κ3) is 4.28. The van der Waals surface area contributed by atoms with E-state index in [1.807, 2.05) is 24.3 Å². The standard InChI is InChI=1S/C13H16O3/c1-3-12(14)8-9-16-10-11-4-6-13(15-2)7-5-11/h3-7H,1,8-10H2,2H3. The maximum absolute atomic E-state index is 10.9. The maximum atomic E-state index is 10.9. The number of allylic oxidation sites excluding steroid dienone is 1. The van der Waals surface area contributed by atoms with Gasteiger partial charge in [-0.05, 0) is 23.8 Å². The van der Waals surface area contributed by atoms with Crippen molar-refractivity contribution < 1.29 is 14.3 Å². The molecule has 0 spiro atoms. The maximum Gasteiger partial charge on any atom is 0.157 e. The van der Waals surface area contributed by atoms with Gasteiger partial charge in [-0.15, -0.1) is 0 Å². The van der Waals surface area contributed by atoms with Crippen LogP contribution in [0.1, 0.15) is 12.0 Å². The molecule has 0 aromatic heterocycles. The fourth-order valence-electron chi connectivity index (χ4n) is 1.19. The van der Waals surface area contributed by atoms with E-state index in [4.69, 9.17) is 9.47 Å². The Labute approximate surface area is 95.7 Å². The summed E-state index contributed by atoms with van der Waals surface area (Å²) in [6, 6.07) is 7.64. The molecule has 0 aliphatic carbocycles. The Morgan fingerprint density at radius 3 is 2.62 bits per heavy atom. The van der Waals surface area contributed by atoms with Crippen LogP contribution < -0.4 is 4.74 Å². The molecule has 1 aromatic carbocycles. The molecule has 0 heterocycles. The van der Waals surface area contributed by atoms with Crippen LogP contribution in [0.5, 0.6) is 5.75 Å². The molecule has 0 unspecified atom stereocenters. The van der Waals surface area contributed by atoms with Gasteiger partial charge in [0.2, 0.25) is 0 Å². The van der Waals surface area contributed by atoms with Crippen molar-refractivity contribution >= 4 is 5.78 Å². The number of hydrogen-bond donors (Lipinski definition) is 0. The Morgan fingerprint density at radius 2 is 2.06 bits per heavy atom. The largest absolute Gasteiger partial charge is 0.497 e. The number of carbonyl (C=O) groups is 1. The molecule has 0 atom stereocenters. The summed E-state index contributed by atoms with van der Waals surface area (Å²) in [6.07, 6.45) is 1.70. The molecule has 0 N–H and O–H groups in total. The van der Waals surface area contributed by atoms with Crippen molar-refractivity contribution in [3.8, 4) is 5.75 Å². The fraction of sp³-hybridized carbons (Fsp3) is 0.308. The van der Waals surface area contributed by atoms with E-state index in [9.17, 15) is 4.79 Å². The van der Waals surface area contributed by atoms with Gasteiger partial charge in [-0.2, -0.15) is 0 Å². The first-order valence-corrected chi connectivity index (χ1v) is 5.12. The molecule has 0 saturated carbocycles. The third-order valence-electron chi connectivity index (χ3n) is 2.15. The Kier molecular flexibility index (Phi) is 5.29. The summed E-state index contributed by atoms with van der Waals surface area (Å²) in [4.78, 5) is 10.9. The van der Waals surface area contributed by atoms with Gasteiger partial charge in [0.25, 0.3) is 0 Å². The molecular formula is C13H16O3. The van der Waals surface area contributed by atoms with Crippen molar-refractivity contribution in [1.29, 1.82) is 0 Å². The quantitative estimate of drug-likeness (QED) is 0.522. The van der Waals surface area contributed by atoms with E-state index < -0.39 is 0 Å². The Morgan fingerprint density at radius 1 is 1.38 bits per heavy atom. The smallest absolute Gasteiger partial charge is 0.157 e. The van der Waals surface area contributed by atoms with Gasteiger partial charge in [-0.25, -0.2) is 0 Å². The second-order valence-corrected chi connectivity index (χ2v) is 3.32. The van der Waals surface area contributed by atoms with Crippen LogP contribution in [0.4, 0.5) is 0 Å². The minimum atomic E-state index is 0.00901. The van der Waals surface area contributed by atoms with Crippen molar-refractivity contribution in [1.82, 2.24) is 0 Å². The Balaban J connectivity index is 2.26. The van der Waals surface area contributed by atoms with Gasteiger partial charge in [-0.1, -0.05) is 18.7 Å². The van der Waals surface area contributed by atoms with Crippen LogP contribution >= 0.6 is 0 Å². The van der Waals surface area contributed by atoms with E-state index in [1.54, 1.807) is 7.11 Å². The normalized spacial score (nSPS) is 9.81. The lowest BCUT2D eigenvalue weighted by Crippen LogP contribution is -2.01. The van der Waals surface area contributed by atoms with Crippen molar-refractivity contribution in [2.24, 2.45) is 0 Å². The van der Waals surface area contributed by atoms with Gasteiger partial charge in [-0.3, -0.25) is 4.79 Å². The lowest BCUT2D eigenvalue weighted by Gasteiger charge is -2.04. The number of ketones is 1. The SMILES string of the molecule is C=CC(=O)CCOCc1ccc(OC)cc1. The second kappa shape index (κ2) is 6.80. The first kappa shape index (κ1) is 12.5. The van der Waals surface area contributed by atoms with E-state index in [1.165, 1.54) is 6.08 Å². The molecule has 86 valence electrons. The number of ether oxygens (including phenoxy) is 2. The Hall–Kier alpha value is -1.61. The van der Waals surface area contributed by atoms with Crippen LogP contribution in [0.25, 0.3) is 0 Å². The molecule has 0 fully saturated rings. The highest BCUT2D eigenvalue weighted by molar-refractivity contribution is 5.89. The van der Waals surface area contributed by atoms with E-state index in [0.29, 0.717) is 19.6 Å². The molecule has 3 heteroatoms. The predicted octanol–water partition coefficient (Wildman–Crippen LogP) is 2.36. The molecule has 1 rings (SSSR count). The topological polar surface area (TPSA) is 35.5 Å². The van der Waals surface area contributed by atoms with Crippen LogP contribution in [0.2, 0.25) is 0 Å². The minimum Gasteiger partial charge on any atom is -0.497 e. The summed E-state index contributed by atoms with van der Waals surface area (Å²) >= 11 is 0. The average Bonchev–Trinajstić information content (AvgIpc) is 2.35. The lowest BCUT2D eigenvalue weighted by atomic mass is 10.2. The van der Waals surface area contributed by atoms with Gasteiger partial charge in [0.15, 0.2) is 5.78 Å². The van der Waals surface area contributed by atoms with Crippen LogP contribution in [-0.2, 0) is 16.1 Å². The van der Waals surface area contributed by atoms with Gasteiger partial charge in [0.1, 0.15) is 5.75 Å². The van der Waals surface area contributed by atoms with E-state index in [0.717, 1.165) is 11.3 Å². The lowest BCUT2D eigenvalue weighted by molar-refractivity contribution is -0.115. The van der Waals surface area contributed by atoms with Gasteiger partial charge >= 0.3 is 0 Å². The molecule has 16 heavy (non-hydrogen) atoms. The van der Waals surface area contributed by atoms with Crippen molar-refractivity contribution in [2.75, 3.05) is 13.7 Å². The molecule has 0 amide bonds.